The summed E-state index contributed by atoms with van der Waals surface area (Å²) in [4.78, 5) is 22.2. The number of rotatable bonds is 8. The van der Waals surface area contributed by atoms with E-state index in [1.807, 2.05) is 9.80 Å². The maximum Gasteiger partial charge on any atom is 0.296 e. The number of unbranched alkanes of at least 4 members (excludes halogenated alkanes) is 1. The zero-order chi connectivity index (χ0) is 24.2. The molecule has 188 valence electrons. The third kappa shape index (κ3) is 4.98. The fourth-order valence-corrected chi connectivity index (χ4v) is 4.14. The molecule has 2 aliphatic heterocycles. The van der Waals surface area contributed by atoms with E-state index >= 15 is 0 Å². The topological polar surface area (TPSA) is 90.7 Å². The Bertz CT molecular complexity index is 1110. The van der Waals surface area contributed by atoms with Gasteiger partial charge in [0, 0.05) is 26.2 Å². The SMILES string of the molecule is CCCCOc1cccc2c1nc(C(F)F)n2-c1nc(N2CCOCC2)nc(N2CCOCC2)n1. The predicted octanol–water partition coefficient (Wildman–Crippen LogP) is 3.00. The van der Waals surface area contributed by atoms with Crippen molar-refractivity contribution in [2.75, 3.05) is 69.0 Å². The summed E-state index contributed by atoms with van der Waals surface area (Å²) in [6.45, 7) is 7.15. The Hall–Kier alpha value is -3.12. The van der Waals surface area contributed by atoms with Crippen molar-refractivity contribution in [3.8, 4) is 11.7 Å². The van der Waals surface area contributed by atoms with Crippen LogP contribution in [0.2, 0.25) is 0 Å². The van der Waals surface area contributed by atoms with Crippen molar-refractivity contribution in [3.05, 3.63) is 24.0 Å². The largest absolute Gasteiger partial charge is 0.491 e. The Morgan fingerprint density at radius 3 is 2.06 bits per heavy atom. The van der Waals surface area contributed by atoms with Gasteiger partial charge in [-0.05, 0) is 18.6 Å². The van der Waals surface area contributed by atoms with E-state index in [9.17, 15) is 8.78 Å². The Morgan fingerprint density at radius 2 is 1.49 bits per heavy atom. The molecule has 2 fully saturated rings. The molecule has 0 aliphatic carbocycles. The Kier molecular flexibility index (Phi) is 7.19. The first-order chi connectivity index (χ1) is 17.2. The number of fused-ring (bicyclic) bond motifs is 1. The molecule has 0 bridgehead atoms. The number of nitrogens with zero attached hydrogens (tertiary/aromatic N) is 7. The molecule has 3 aromatic rings. The molecule has 2 aromatic heterocycles. The van der Waals surface area contributed by atoms with Crippen molar-refractivity contribution in [2.24, 2.45) is 0 Å². The third-order valence-corrected chi connectivity index (χ3v) is 6.01. The molecule has 0 saturated carbocycles. The average molecular weight is 490 g/mol. The number of aromatic nitrogens is 5. The van der Waals surface area contributed by atoms with Crippen LogP contribution in [0.15, 0.2) is 18.2 Å². The van der Waals surface area contributed by atoms with Gasteiger partial charge in [0.2, 0.25) is 17.8 Å². The van der Waals surface area contributed by atoms with Gasteiger partial charge in [0.25, 0.3) is 6.43 Å². The van der Waals surface area contributed by atoms with Crippen LogP contribution < -0.4 is 14.5 Å². The van der Waals surface area contributed by atoms with Crippen molar-refractivity contribution in [1.82, 2.24) is 24.5 Å². The van der Waals surface area contributed by atoms with Crippen LogP contribution in [-0.2, 0) is 9.47 Å². The van der Waals surface area contributed by atoms with Crippen LogP contribution in [0.25, 0.3) is 17.0 Å². The summed E-state index contributed by atoms with van der Waals surface area (Å²) in [5.74, 6) is 0.993. The molecule has 0 radical (unpaired) electrons. The van der Waals surface area contributed by atoms with E-state index in [1.165, 1.54) is 4.57 Å². The molecule has 0 atom stereocenters. The first kappa shape index (κ1) is 23.6. The summed E-state index contributed by atoms with van der Waals surface area (Å²) in [5.41, 5.74) is 0.821. The van der Waals surface area contributed by atoms with Gasteiger partial charge in [-0.3, -0.25) is 4.57 Å². The number of para-hydroxylation sites is 1. The van der Waals surface area contributed by atoms with E-state index in [1.54, 1.807) is 18.2 Å². The zero-order valence-corrected chi connectivity index (χ0v) is 19.7. The Morgan fingerprint density at radius 1 is 0.886 bits per heavy atom. The number of imidazole rings is 1. The molecule has 2 saturated heterocycles. The zero-order valence-electron chi connectivity index (χ0n) is 19.7. The van der Waals surface area contributed by atoms with E-state index in [0.29, 0.717) is 87.9 Å². The molecular formula is C23H29F2N7O3. The van der Waals surface area contributed by atoms with E-state index in [-0.39, 0.29) is 5.95 Å². The molecule has 4 heterocycles. The van der Waals surface area contributed by atoms with Crippen molar-refractivity contribution >= 4 is 22.9 Å². The molecule has 35 heavy (non-hydrogen) atoms. The number of ether oxygens (including phenoxy) is 3. The highest BCUT2D eigenvalue weighted by Gasteiger charge is 2.27. The second-order valence-corrected chi connectivity index (χ2v) is 8.37. The van der Waals surface area contributed by atoms with Gasteiger partial charge in [0.1, 0.15) is 11.3 Å². The minimum absolute atomic E-state index is 0.103. The van der Waals surface area contributed by atoms with Gasteiger partial charge in [-0.15, -0.1) is 0 Å². The Balaban J connectivity index is 1.64. The molecule has 12 heteroatoms. The van der Waals surface area contributed by atoms with Gasteiger partial charge in [-0.25, -0.2) is 13.8 Å². The van der Waals surface area contributed by atoms with E-state index in [0.717, 1.165) is 12.8 Å². The highest BCUT2D eigenvalue weighted by Crippen LogP contribution is 2.32. The maximum absolute atomic E-state index is 14.3. The normalized spacial score (nSPS) is 16.9. The predicted molar refractivity (Wildman–Crippen MR) is 126 cm³/mol. The van der Waals surface area contributed by atoms with Crippen LogP contribution in [0, 0.1) is 0 Å². The number of hydrogen-bond donors (Lipinski definition) is 0. The van der Waals surface area contributed by atoms with Crippen LogP contribution in [0.3, 0.4) is 0 Å². The van der Waals surface area contributed by atoms with Crippen LogP contribution in [-0.4, -0.2) is 83.7 Å². The quantitative estimate of drug-likeness (QED) is 0.443. The summed E-state index contributed by atoms with van der Waals surface area (Å²) in [6, 6.07) is 5.24. The molecule has 10 nitrogen and oxygen atoms in total. The molecule has 0 N–H and O–H groups in total. The van der Waals surface area contributed by atoms with Gasteiger partial charge in [-0.1, -0.05) is 19.4 Å². The van der Waals surface area contributed by atoms with Crippen LogP contribution in [0.1, 0.15) is 32.0 Å². The molecule has 0 unspecified atom stereocenters. The Labute approximate surface area is 201 Å². The molecule has 0 amide bonds. The van der Waals surface area contributed by atoms with Crippen molar-refractivity contribution in [2.45, 2.75) is 26.2 Å². The second kappa shape index (κ2) is 10.6. The van der Waals surface area contributed by atoms with Gasteiger partial charge >= 0.3 is 0 Å². The first-order valence-electron chi connectivity index (χ1n) is 12.0. The van der Waals surface area contributed by atoms with Gasteiger partial charge < -0.3 is 24.0 Å². The first-order valence-corrected chi connectivity index (χ1v) is 12.0. The van der Waals surface area contributed by atoms with Gasteiger partial charge in [0.15, 0.2) is 5.82 Å². The van der Waals surface area contributed by atoms with E-state index in [2.05, 4.69) is 26.9 Å². The molecule has 2 aliphatic rings. The minimum Gasteiger partial charge on any atom is -0.491 e. The lowest BCUT2D eigenvalue weighted by molar-refractivity contribution is 0.121. The lowest BCUT2D eigenvalue weighted by Crippen LogP contribution is -2.40. The summed E-state index contributed by atoms with van der Waals surface area (Å²) in [7, 11) is 0. The number of alkyl halides is 2. The number of benzene rings is 1. The maximum atomic E-state index is 14.3. The molecule has 1 aromatic carbocycles. The average Bonchev–Trinajstić information content (AvgIpc) is 3.31. The van der Waals surface area contributed by atoms with Crippen LogP contribution in [0.5, 0.6) is 5.75 Å². The van der Waals surface area contributed by atoms with Gasteiger partial charge in [0.05, 0.1) is 38.6 Å². The van der Waals surface area contributed by atoms with Crippen LogP contribution >= 0.6 is 0 Å². The van der Waals surface area contributed by atoms with E-state index < -0.39 is 12.2 Å². The smallest absolute Gasteiger partial charge is 0.296 e. The molecule has 5 rings (SSSR count). The number of morpholine rings is 2. The number of anilines is 2. The van der Waals surface area contributed by atoms with Crippen molar-refractivity contribution < 1.29 is 23.0 Å². The standard InChI is InChI=1S/C23H29F2N7O3/c1-2-3-11-35-17-6-4-5-16-18(17)26-20(19(24)25)32(16)23-28-21(30-7-12-33-13-8-30)27-22(29-23)31-9-14-34-15-10-31/h4-6,19H,2-3,7-15H2,1H3. The fourth-order valence-electron chi connectivity index (χ4n) is 4.14. The number of halogens is 2. The monoisotopic (exact) mass is 489 g/mol. The minimum atomic E-state index is -2.83. The highest BCUT2D eigenvalue weighted by atomic mass is 19.3. The summed E-state index contributed by atoms with van der Waals surface area (Å²) in [6.07, 6.45) is -1.01. The number of hydrogen-bond acceptors (Lipinski definition) is 9. The lowest BCUT2D eigenvalue weighted by atomic mass is 10.3. The summed E-state index contributed by atoms with van der Waals surface area (Å²) >= 11 is 0. The van der Waals surface area contributed by atoms with Gasteiger partial charge in [-0.2, -0.15) is 15.0 Å². The molecule has 0 spiro atoms. The van der Waals surface area contributed by atoms with Crippen molar-refractivity contribution in [3.63, 3.8) is 0 Å². The second-order valence-electron chi connectivity index (χ2n) is 8.37. The third-order valence-electron chi connectivity index (χ3n) is 6.01. The van der Waals surface area contributed by atoms with E-state index in [4.69, 9.17) is 14.2 Å². The highest BCUT2D eigenvalue weighted by molar-refractivity contribution is 5.84. The van der Waals surface area contributed by atoms with Crippen LogP contribution in [0.4, 0.5) is 20.7 Å². The lowest BCUT2D eigenvalue weighted by Gasteiger charge is -2.30. The molecular weight excluding hydrogens is 460 g/mol. The summed E-state index contributed by atoms with van der Waals surface area (Å²) < 4.78 is 46.6. The summed E-state index contributed by atoms with van der Waals surface area (Å²) in [5, 5.41) is 0. The fraction of sp³-hybridized carbons (Fsp3) is 0.565. The van der Waals surface area contributed by atoms with Crippen molar-refractivity contribution in [1.29, 1.82) is 0 Å².